The normalized spacial score (nSPS) is 10.8. The average Bonchev–Trinajstić information content (AvgIpc) is 3.25. The maximum Gasteiger partial charge on any atom is 0.229 e. The van der Waals surface area contributed by atoms with Crippen molar-refractivity contribution in [1.29, 1.82) is 0 Å². The van der Waals surface area contributed by atoms with Crippen LogP contribution in [0.4, 0.5) is 0 Å². The van der Waals surface area contributed by atoms with Crippen molar-refractivity contribution in [2.24, 2.45) is 0 Å². The largest absolute Gasteiger partial charge is 0.285 e. The third-order valence-electron chi connectivity index (χ3n) is 4.13. The lowest BCUT2D eigenvalue weighted by Gasteiger charge is -2.09. The number of ketones is 1. The van der Waals surface area contributed by atoms with Gasteiger partial charge in [0, 0.05) is 0 Å². The van der Waals surface area contributed by atoms with E-state index < -0.39 is 0 Å². The predicted octanol–water partition coefficient (Wildman–Crippen LogP) is 3.91. The lowest BCUT2D eigenvalue weighted by molar-refractivity contribution is 0.102. The average molecular weight is 342 g/mol. The molecule has 0 unspecified atom stereocenters. The summed E-state index contributed by atoms with van der Waals surface area (Å²) in [7, 11) is 0. The first-order valence-corrected chi connectivity index (χ1v) is 8.42. The number of rotatable bonds is 4. The highest BCUT2D eigenvalue weighted by molar-refractivity contribution is 6.07. The minimum Gasteiger partial charge on any atom is -0.285 e. The quantitative estimate of drug-likeness (QED) is 0.529. The Morgan fingerprint density at radius 3 is 1.46 bits per heavy atom. The number of carbonyl (C=O) groups is 1. The van der Waals surface area contributed by atoms with Crippen molar-refractivity contribution in [2.75, 3.05) is 0 Å². The summed E-state index contributed by atoms with van der Waals surface area (Å²) in [5.41, 5.74) is 4.33. The van der Waals surface area contributed by atoms with Crippen LogP contribution in [0.5, 0.6) is 0 Å². The Kier molecular flexibility index (Phi) is 3.97. The summed E-state index contributed by atoms with van der Waals surface area (Å²) in [6.45, 7) is 3.77. The second-order valence-corrected chi connectivity index (χ2v) is 6.17. The highest BCUT2D eigenvalue weighted by Crippen LogP contribution is 2.19. The van der Waals surface area contributed by atoms with Gasteiger partial charge >= 0.3 is 0 Å². The fraction of sp³-hybridized carbons (Fsp3) is 0.0952. The molecule has 0 aliphatic rings. The molecule has 26 heavy (non-hydrogen) atoms. The van der Waals surface area contributed by atoms with Gasteiger partial charge in [-0.2, -0.15) is 10.2 Å². The smallest absolute Gasteiger partial charge is 0.229 e. The molecule has 0 spiro atoms. The van der Waals surface area contributed by atoms with E-state index in [1.54, 1.807) is 9.36 Å². The van der Waals surface area contributed by atoms with Gasteiger partial charge in [0.15, 0.2) is 0 Å². The van der Waals surface area contributed by atoms with Gasteiger partial charge in [-0.05, 0) is 50.2 Å². The Balaban J connectivity index is 1.84. The molecule has 0 saturated heterocycles. The Bertz CT molecular complexity index is 976. The van der Waals surface area contributed by atoms with E-state index in [0.717, 1.165) is 22.8 Å². The summed E-state index contributed by atoms with van der Waals surface area (Å²) in [6.07, 6.45) is 0. The van der Waals surface area contributed by atoms with Gasteiger partial charge < -0.3 is 0 Å². The fourth-order valence-corrected chi connectivity index (χ4v) is 2.99. The van der Waals surface area contributed by atoms with Crippen molar-refractivity contribution < 1.29 is 4.79 Å². The molecule has 0 aliphatic heterocycles. The molecule has 0 atom stereocenters. The molecule has 128 valence electrons. The van der Waals surface area contributed by atoms with Gasteiger partial charge in [0.05, 0.1) is 22.8 Å². The van der Waals surface area contributed by atoms with Gasteiger partial charge in [-0.25, -0.2) is 9.36 Å². The summed E-state index contributed by atoms with van der Waals surface area (Å²) < 4.78 is 3.38. The maximum absolute atomic E-state index is 13.3. The predicted molar refractivity (Wildman–Crippen MR) is 100 cm³/mol. The molecule has 0 saturated carbocycles. The van der Waals surface area contributed by atoms with Crippen molar-refractivity contribution in [3.63, 3.8) is 0 Å². The molecule has 4 rings (SSSR count). The standard InChI is InChI=1S/C21H18N4O/c1-15-13-19(24(22-15)17-9-5-3-6-10-17)21(26)20-14-16(2)23-25(20)18-11-7-4-8-12-18/h3-14H,1-2H3. The van der Waals surface area contributed by atoms with Gasteiger partial charge in [0.1, 0.15) is 11.4 Å². The molecule has 0 radical (unpaired) electrons. The Labute approximate surface area is 151 Å². The van der Waals surface area contributed by atoms with Crippen LogP contribution in [-0.2, 0) is 0 Å². The van der Waals surface area contributed by atoms with Crippen LogP contribution in [0, 0.1) is 13.8 Å². The minimum absolute atomic E-state index is 0.112. The monoisotopic (exact) mass is 342 g/mol. The van der Waals surface area contributed by atoms with Crippen molar-refractivity contribution in [2.45, 2.75) is 13.8 Å². The second kappa shape index (κ2) is 6.44. The number of aryl methyl sites for hydroxylation is 2. The molecule has 5 nitrogen and oxygen atoms in total. The van der Waals surface area contributed by atoms with Crippen molar-refractivity contribution in [3.05, 3.63) is 95.6 Å². The fourth-order valence-electron chi connectivity index (χ4n) is 2.99. The van der Waals surface area contributed by atoms with Crippen LogP contribution in [0.15, 0.2) is 72.8 Å². The minimum atomic E-state index is -0.112. The maximum atomic E-state index is 13.3. The van der Waals surface area contributed by atoms with Crippen LogP contribution in [0.1, 0.15) is 27.6 Å². The van der Waals surface area contributed by atoms with Gasteiger partial charge in [0.2, 0.25) is 5.78 Å². The first-order valence-electron chi connectivity index (χ1n) is 8.42. The number of hydrogen-bond acceptors (Lipinski definition) is 3. The molecular weight excluding hydrogens is 324 g/mol. The highest BCUT2D eigenvalue weighted by atomic mass is 16.1. The zero-order chi connectivity index (χ0) is 18.1. The highest BCUT2D eigenvalue weighted by Gasteiger charge is 2.22. The van der Waals surface area contributed by atoms with Gasteiger partial charge in [0.25, 0.3) is 0 Å². The summed E-state index contributed by atoms with van der Waals surface area (Å²) in [5, 5.41) is 9.01. The number of para-hydroxylation sites is 2. The molecule has 2 aromatic heterocycles. The molecular formula is C21H18N4O. The summed E-state index contributed by atoms with van der Waals surface area (Å²) in [4.78, 5) is 13.3. The molecule has 0 bridgehead atoms. The first-order chi connectivity index (χ1) is 12.6. The van der Waals surface area contributed by atoms with E-state index in [4.69, 9.17) is 0 Å². The SMILES string of the molecule is Cc1cc(C(=O)c2cc(C)nn2-c2ccccc2)n(-c2ccccc2)n1. The Hall–Kier alpha value is -3.47. The number of benzene rings is 2. The molecule has 0 amide bonds. The molecule has 2 aromatic carbocycles. The van der Waals surface area contributed by atoms with E-state index in [0.29, 0.717) is 11.4 Å². The topological polar surface area (TPSA) is 52.7 Å². The molecule has 0 N–H and O–H groups in total. The van der Waals surface area contributed by atoms with Crippen molar-refractivity contribution in [3.8, 4) is 11.4 Å². The van der Waals surface area contributed by atoms with E-state index >= 15 is 0 Å². The number of aromatic nitrogens is 4. The summed E-state index contributed by atoms with van der Waals surface area (Å²) >= 11 is 0. The first kappa shape index (κ1) is 16.0. The van der Waals surface area contributed by atoms with Crippen molar-refractivity contribution in [1.82, 2.24) is 19.6 Å². The molecule has 5 heteroatoms. The van der Waals surface area contributed by atoms with E-state index in [1.165, 1.54) is 0 Å². The van der Waals surface area contributed by atoms with Gasteiger partial charge in [-0.3, -0.25) is 4.79 Å². The van der Waals surface area contributed by atoms with E-state index in [1.807, 2.05) is 86.6 Å². The summed E-state index contributed by atoms with van der Waals surface area (Å²) in [5.74, 6) is -0.112. The van der Waals surface area contributed by atoms with E-state index in [2.05, 4.69) is 10.2 Å². The zero-order valence-electron chi connectivity index (χ0n) is 14.6. The van der Waals surface area contributed by atoms with Crippen LogP contribution in [-0.4, -0.2) is 25.3 Å². The lowest BCUT2D eigenvalue weighted by atomic mass is 10.1. The van der Waals surface area contributed by atoms with E-state index in [-0.39, 0.29) is 5.78 Å². The Morgan fingerprint density at radius 1 is 0.692 bits per heavy atom. The molecule has 2 heterocycles. The van der Waals surface area contributed by atoms with Crippen LogP contribution < -0.4 is 0 Å². The van der Waals surface area contributed by atoms with Gasteiger partial charge in [-0.15, -0.1) is 0 Å². The van der Waals surface area contributed by atoms with Crippen LogP contribution in [0.2, 0.25) is 0 Å². The van der Waals surface area contributed by atoms with Crippen LogP contribution in [0.25, 0.3) is 11.4 Å². The van der Waals surface area contributed by atoms with Gasteiger partial charge in [-0.1, -0.05) is 36.4 Å². The number of carbonyl (C=O) groups excluding carboxylic acids is 1. The Morgan fingerprint density at radius 2 is 1.08 bits per heavy atom. The summed E-state index contributed by atoms with van der Waals surface area (Å²) in [6, 6.07) is 23.0. The van der Waals surface area contributed by atoms with Crippen molar-refractivity contribution >= 4 is 5.78 Å². The molecule has 0 aliphatic carbocycles. The lowest BCUT2D eigenvalue weighted by Crippen LogP contribution is -2.14. The van der Waals surface area contributed by atoms with Crippen LogP contribution in [0.3, 0.4) is 0 Å². The zero-order valence-corrected chi connectivity index (χ0v) is 14.6. The third-order valence-corrected chi connectivity index (χ3v) is 4.13. The van der Waals surface area contributed by atoms with E-state index in [9.17, 15) is 4.79 Å². The van der Waals surface area contributed by atoms with Crippen LogP contribution >= 0.6 is 0 Å². The second-order valence-electron chi connectivity index (χ2n) is 6.17. The molecule has 4 aromatic rings. The number of hydrogen-bond donors (Lipinski definition) is 0. The molecule has 0 fully saturated rings. The third kappa shape index (κ3) is 2.84. The number of nitrogens with zero attached hydrogens (tertiary/aromatic N) is 4.